The van der Waals surface area contributed by atoms with E-state index in [-0.39, 0.29) is 0 Å². The van der Waals surface area contributed by atoms with Crippen molar-refractivity contribution in [3.8, 4) is 0 Å². The number of carbonyl (C=O) groups excluding carboxylic acids is 1. The number of sulfone groups is 1. The van der Waals surface area contributed by atoms with Gasteiger partial charge in [0.2, 0.25) is 5.91 Å². The van der Waals surface area contributed by atoms with Gasteiger partial charge in [-0.25, -0.2) is 8.42 Å². The minimum atomic E-state index is -3.44. The summed E-state index contributed by atoms with van der Waals surface area (Å²) in [5.74, 6) is -0.472. The average Bonchev–Trinajstić information content (AvgIpc) is 2.24. The highest BCUT2D eigenvalue weighted by molar-refractivity contribution is 9.09. The summed E-state index contributed by atoms with van der Waals surface area (Å²) in [7, 11) is -3.44. The van der Waals surface area contributed by atoms with E-state index in [0.29, 0.717) is 17.1 Å². The predicted octanol–water partition coefficient (Wildman–Crippen LogP) is 1.86. The number of amides is 1. The minimum Gasteiger partial charge on any atom is -0.348 e. The summed E-state index contributed by atoms with van der Waals surface area (Å²) in [6, 6.07) is 0. The summed E-state index contributed by atoms with van der Waals surface area (Å²) >= 11 is 6.69. The number of carbonyl (C=O) groups is 1. The molecular formula is C10H19Br2NO3S. The molecule has 0 bridgehead atoms. The van der Waals surface area contributed by atoms with E-state index in [9.17, 15) is 13.2 Å². The van der Waals surface area contributed by atoms with Crippen LogP contribution in [0.2, 0.25) is 0 Å². The summed E-state index contributed by atoms with van der Waals surface area (Å²) in [6.45, 7) is 4.78. The molecule has 0 fully saturated rings. The van der Waals surface area contributed by atoms with Crippen molar-refractivity contribution >= 4 is 47.6 Å². The van der Waals surface area contributed by atoms with Crippen molar-refractivity contribution in [3.63, 3.8) is 0 Å². The Morgan fingerprint density at radius 1 is 1.24 bits per heavy atom. The Morgan fingerprint density at radius 3 is 1.88 bits per heavy atom. The SMILES string of the molecule is CCC(CBr)(CBr)NC(=O)C(C)(C)S(C)(=O)=O. The number of alkyl halides is 2. The lowest BCUT2D eigenvalue weighted by Gasteiger charge is -2.33. The number of hydrogen-bond acceptors (Lipinski definition) is 3. The summed E-state index contributed by atoms with van der Waals surface area (Å²) in [6.07, 6.45) is 1.78. The van der Waals surface area contributed by atoms with Gasteiger partial charge in [-0.05, 0) is 20.3 Å². The van der Waals surface area contributed by atoms with Crippen LogP contribution in [0.25, 0.3) is 0 Å². The third-order valence-corrected chi connectivity index (χ3v) is 7.23. The first kappa shape index (κ1) is 17.4. The number of halogens is 2. The maximum Gasteiger partial charge on any atom is 0.241 e. The summed E-state index contributed by atoms with van der Waals surface area (Å²) in [4.78, 5) is 12.1. The monoisotopic (exact) mass is 391 g/mol. The maximum absolute atomic E-state index is 12.1. The third kappa shape index (κ3) is 3.92. The van der Waals surface area contributed by atoms with E-state index in [0.717, 1.165) is 6.26 Å². The van der Waals surface area contributed by atoms with Gasteiger partial charge in [-0.3, -0.25) is 4.79 Å². The first-order valence-corrected chi connectivity index (χ1v) is 9.34. The fourth-order valence-electron chi connectivity index (χ4n) is 0.940. The van der Waals surface area contributed by atoms with Gasteiger partial charge < -0.3 is 5.32 Å². The van der Waals surface area contributed by atoms with Gasteiger partial charge in [0.15, 0.2) is 9.84 Å². The molecule has 0 spiro atoms. The summed E-state index contributed by atoms with van der Waals surface area (Å²) in [5, 5.41) is 3.94. The second kappa shape index (κ2) is 6.02. The molecule has 1 N–H and O–H groups in total. The second-order valence-corrected chi connectivity index (χ2v) is 8.32. The molecule has 0 atom stereocenters. The van der Waals surface area contributed by atoms with Crippen LogP contribution in [0.3, 0.4) is 0 Å². The van der Waals surface area contributed by atoms with Gasteiger partial charge in [0, 0.05) is 16.9 Å². The number of nitrogens with one attached hydrogen (secondary N) is 1. The van der Waals surface area contributed by atoms with Gasteiger partial charge in [0.25, 0.3) is 0 Å². The summed E-state index contributed by atoms with van der Waals surface area (Å²) < 4.78 is 21.7. The zero-order chi connectivity index (χ0) is 13.9. The van der Waals surface area contributed by atoms with Crippen LogP contribution >= 0.6 is 31.9 Å². The van der Waals surface area contributed by atoms with E-state index < -0.39 is 26.0 Å². The Hall–Kier alpha value is 0.380. The molecule has 0 aliphatic carbocycles. The summed E-state index contributed by atoms with van der Waals surface area (Å²) in [5.41, 5.74) is -0.459. The quantitative estimate of drug-likeness (QED) is 0.701. The smallest absolute Gasteiger partial charge is 0.241 e. The van der Waals surface area contributed by atoms with Crippen LogP contribution in [0.1, 0.15) is 27.2 Å². The van der Waals surface area contributed by atoms with Gasteiger partial charge in [-0.1, -0.05) is 38.8 Å². The zero-order valence-corrected chi connectivity index (χ0v) is 14.5. The fourth-order valence-corrected chi connectivity index (χ4v) is 3.33. The van der Waals surface area contributed by atoms with Crippen LogP contribution < -0.4 is 5.32 Å². The van der Waals surface area contributed by atoms with Crippen LogP contribution in [0, 0.1) is 0 Å². The maximum atomic E-state index is 12.1. The molecule has 17 heavy (non-hydrogen) atoms. The van der Waals surface area contributed by atoms with Crippen LogP contribution in [-0.2, 0) is 14.6 Å². The number of hydrogen-bond donors (Lipinski definition) is 1. The molecule has 0 aromatic rings. The van der Waals surface area contributed by atoms with Crippen LogP contribution in [0.15, 0.2) is 0 Å². The molecule has 102 valence electrons. The largest absolute Gasteiger partial charge is 0.348 e. The van der Waals surface area contributed by atoms with Crippen molar-refractivity contribution in [2.45, 2.75) is 37.5 Å². The van der Waals surface area contributed by atoms with Crippen LogP contribution in [0.5, 0.6) is 0 Å². The van der Waals surface area contributed by atoms with E-state index in [4.69, 9.17) is 0 Å². The van der Waals surface area contributed by atoms with Crippen molar-refractivity contribution in [2.24, 2.45) is 0 Å². The molecule has 0 rings (SSSR count). The lowest BCUT2D eigenvalue weighted by molar-refractivity contribution is -0.124. The van der Waals surface area contributed by atoms with E-state index in [2.05, 4.69) is 37.2 Å². The molecular weight excluding hydrogens is 374 g/mol. The zero-order valence-electron chi connectivity index (χ0n) is 10.5. The van der Waals surface area contributed by atoms with Gasteiger partial charge in [-0.2, -0.15) is 0 Å². The molecule has 0 aromatic carbocycles. The Kier molecular flexibility index (Phi) is 6.15. The van der Waals surface area contributed by atoms with Gasteiger partial charge in [-0.15, -0.1) is 0 Å². The molecule has 4 nitrogen and oxygen atoms in total. The van der Waals surface area contributed by atoms with Crippen molar-refractivity contribution < 1.29 is 13.2 Å². The number of rotatable bonds is 6. The molecule has 1 amide bonds. The first-order valence-electron chi connectivity index (χ1n) is 5.20. The molecule has 0 saturated heterocycles. The molecule has 0 saturated carbocycles. The van der Waals surface area contributed by atoms with Crippen molar-refractivity contribution in [3.05, 3.63) is 0 Å². The second-order valence-electron chi connectivity index (χ2n) is 4.64. The highest BCUT2D eigenvalue weighted by atomic mass is 79.9. The fraction of sp³-hybridized carbons (Fsp3) is 0.900. The van der Waals surface area contributed by atoms with E-state index in [1.54, 1.807) is 0 Å². The Balaban J connectivity index is 5.11. The molecule has 0 aromatic heterocycles. The molecule has 0 aliphatic heterocycles. The Morgan fingerprint density at radius 2 is 1.65 bits per heavy atom. The third-order valence-electron chi connectivity index (χ3n) is 3.04. The molecule has 0 unspecified atom stereocenters. The molecule has 7 heteroatoms. The highest BCUT2D eigenvalue weighted by Crippen LogP contribution is 2.21. The lowest BCUT2D eigenvalue weighted by atomic mass is 10.0. The van der Waals surface area contributed by atoms with Crippen LogP contribution in [-0.4, -0.2) is 41.5 Å². The lowest BCUT2D eigenvalue weighted by Crippen LogP contribution is -2.58. The first-order chi connectivity index (χ1) is 7.56. The topological polar surface area (TPSA) is 63.2 Å². The molecule has 0 radical (unpaired) electrons. The van der Waals surface area contributed by atoms with Crippen molar-refractivity contribution in [2.75, 3.05) is 16.9 Å². The predicted molar refractivity (Wildman–Crippen MR) is 77.7 cm³/mol. The van der Waals surface area contributed by atoms with Gasteiger partial charge >= 0.3 is 0 Å². The molecule has 0 aliphatic rings. The van der Waals surface area contributed by atoms with Crippen molar-refractivity contribution in [1.82, 2.24) is 5.32 Å². The highest BCUT2D eigenvalue weighted by Gasteiger charge is 2.41. The van der Waals surface area contributed by atoms with E-state index >= 15 is 0 Å². The van der Waals surface area contributed by atoms with Gasteiger partial charge in [0.05, 0.1) is 5.54 Å². The van der Waals surface area contributed by atoms with Gasteiger partial charge in [0.1, 0.15) is 4.75 Å². The van der Waals surface area contributed by atoms with Crippen molar-refractivity contribution in [1.29, 1.82) is 0 Å². The van der Waals surface area contributed by atoms with Crippen LogP contribution in [0.4, 0.5) is 0 Å². The normalized spacial score (nSPS) is 13.5. The van der Waals surface area contributed by atoms with E-state index in [1.807, 2.05) is 6.92 Å². The average molecular weight is 393 g/mol. The standard InChI is InChI=1S/C10H19Br2NO3S/c1-5-10(6-11,7-12)13-8(14)9(2,3)17(4,15)16/h5-7H2,1-4H3,(H,13,14). The molecule has 0 heterocycles. The van der Waals surface area contributed by atoms with E-state index in [1.165, 1.54) is 13.8 Å². The Labute approximate surface area is 120 Å². The minimum absolute atomic E-state index is 0.459. The Bertz CT molecular complexity index is 367.